The van der Waals surface area contributed by atoms with E-state index in [1.54, 1.807) is 18.3 Å². The summed E-state index contributed by atoms with van der Waals surface area (Å²) in [5.74, 6) is 1.28. The van der Waals surface area contributed by atoms with Gasteiger partial charge in [-0.15, -0.1) is 0 Å². The van der Waals surface area contributed by atoms with Crippen molar-refractivity contribution < 1.29 is 0 Å². The van der Waals surface area contributed by atoms with Crippen LogP contribution in [0.25, 0.3) is 11.0 Å². The van der Waals surface area contributed by atoms with Gasteiger partial charge in [0.25, 0.3) is 5.56 Å². The third-order valence-corrected chi connectivity index (χ3v) is 7.78. The van der Waals surface area contributed by atoms with Crippen molar-refractivity contribution in [2.24, 2.45) is 5.92 Å². The molecule has 5 rings (SSSR count). The zero-order valence-corrected chi connectivity index (χ0v) is 20.2. The van der Waals surface area contributed by atoms with Crippen LogP contribution in [0.3, 0.4) is 0 Å². The van der Waals surface area contributed by atoms with Gasteiger partial charge >= 0.3 is 0 Å². The van der Waals surface area contributed by atoms with Gasteiger partial charge in [-0.25, -0.2) is 4.98 Å². The fourth-order valence-electron chi connectivity index (χ4n) is 5.25. The Hall–Kier alpha value is -2.09. The highest BCUT2D eigenvalue weighted by Gasteiger charge is 2.26. The number of halogens is 2. The first-order valence-corrected chi connectivity index (χ1v) is 12.7. The van der Waals surface area contributed by atoms with Crippen LogP contribution in [0.1, 0.15) is 56.6 Å². The molecular weight excluding hydrogens is 459 g/mol. The molecule has 2 aromatic heterocycles. The number of aromatic nitrogens is 4. The van der Waals surface area contributed by atoms with E-state index in [2.05, 4.69) is 25.3 Å². The lowest BCUT2D eigenvalue weighted by molar-refractivity contribution is 0.145. The Kier molecular flexibility index (Phi) is 6.90. The Morgan fingerprint density at radius 1 is 1.06 bits per heavy atom. The summed E-state index contributed by atoms with van der Waals surface area (Å²) in [4.78, 5) is 23.0. The van der Waals surface area contributed by atoms with E-state index in [1.165, 1.54) is 38.6 Å². The Balaban J connectivity index is 1.24. The van der Waals surface area contributed by atoms with Crippen LogP contribution >= 0.6 is 23.2 Å². The second kappa shape index (κ2) is 10.0. The number of likely N-dealkylation sites (tertiary alicyclic amines) is 1. The lowest BCUT2D eigenvalue weighted by atomic mass is 9.88. The number of nitrogens with zero attached hydrogens (tertiary/aromatic N) is 4. The third-order valence-electron chi connectivity index (χ3n) is 7.04. The van der Waals surface area contributed by atoms with E-state index in [-0.39, 0.29) is 11.6 Å². The van der Waals surface area contributed by atoms with Gasteiger partial charge in [0.2, 0.25) is 5.95 Å². The van der Waals surface area contributed by atoms with Gasteiger partial charge in [0, 0.05) is 26.2 Å². The van der Waals surface area contributed by atoms with Gasteiger partial charge in [-0.3, -0.25) is 14.5 Å². The number of benzene rings is 1. The predicted octanol–water partition coefficient (Wildman–Crippen LogP) is 5.26. The normalized spacial score (nSPS) is 18.7. The van der Waals surface area contributed by atoms with Gasteiger partial charge in [-0.1, -0.05) is 48.5 Å². The third kappa shape index (κ3) is 5.20. The maximum atomic E-state index is 12.9. The quantitative estimate of drug-likeness (QED) is 0.494. The number of nitrogens with one attached hydrogen (secondary N) is 2. The number of hydrogen-bond acceptors (Lipinski definition) is 5. The monoisotopic (exact) mass is 488 g/mol. The zero-order chi connectivity index (χ0) is 22.8. The summed E-state index contributed by atoms with van der Waals surface area (Å²) in [6.07, 6.45) is 10.7. The summed E-state index contributed by atoms with van der Waals surface area (Å²) < 4.78 is 1.89. The average molecular weight is 489 g/mol. The van der Waals surface area contributed by atoms with E-state index >= 15 is 0 Å². The Morgan fingerprint density at radius 3 is 2.61 bits per heavy atom. The molecule has 0 atom stereocenters. The maximum Gasteiger partial charge on any atom is 0.278 e. The van der Waals surface area contributed by atoms with Crippen molar-refractivity contribution in [1.82, 2.24) is 24.6 Å². The van der Waals surface area contributed by atoms with Crippen LogP contribution in [0.2, 0.25) is 10.0 Å². The minimum atomic E-state index is -0.168. The van der Waals surface area contributed by atoms with E-state index < -0.39 is 0 Å². The van der Waals surface area contributed by atoms with Crippen LogP contribution in [-0.4, -0.2) is 44.3 Å². The SMILES string of the molecule is O=c1[nH]c(NCc2ccc(Cl)c(Cl)c2)nc2cnn(C3CCN(CC4CCCCC4)CC3)c12. The average Bonchev–Trinajstić information content (AvgIpc) is 3.26. The number of hydrogen-bond donors (Lipinski definition) is 2. The van der Waals surface area contributed by atoms with Crippen LogP contribution in [0, 0.1) is 5.92 Å². The molecule has 0 unspecified atom stereocenters. The van der Waals surface area contributed by atoms with E-state index in [0.717, 1.165) is 37.4 Å². The molecule has 33 heavy (non-hydrogen) atoms. The highest BCUT2D eigenvalue weighted by atomic mass is 35.5. The number of aromatic amines is 1. The molecule has 2 fully saturated rings. The van der Waals surface area contributed by atoms with E-state index in [0.29, 0.717) is 33.6 Å². The van der Waals surface area contributed by atoms with Crippen molar-refractivity contribution >= 4 is 40.2 Å². The molecule has 7 nitrogen and oxygen atoms in total. The molecule has 2 N–H and O–H groups in total. The maximum absolute atomic E-state index is 12.9. The van der Waals surface area contributed by atoms with E-state index in [9.17, 15) is 4.79 Å². The van der Waals surface area contributed by atoms with Crippen LogP contribution in [-0.2, 0) is 6.54 Å². The largest absolute Gasteiger partial charge is 0.352 e. The smallest absolute Gasteiger partial charge is 0.278 e. The summed E-state index contributed by atoms with van der Waals surface area (Å²) in [6, 6.07) is 5.68. The first-order valence-electron chi connectivity index (χ1n) is 11.9. The highest BCUT2D eigenvalue weighted by Crippen LogP contribution is 2.29. The van der Waals surface area contributed by atoms with Crippen LogP contribution in [0.15, 0.2) is 29.2 Å². The topological polar surface area (TPSA) is 78.8 Å². The molecule has 0 amide bonds. The Labute approximate surface area is 203 Å². The Morgan fingerprint density at radius 2 is 1.85 bits per heavy atom. The predicted molar refractivity (Wildman–Crippen MR) is 133 cm³/mol. The fourth-order valence-corrected chi connectivity index (χ4v) is 5.57. The molecule has 1 aromatic carbocycles. The van der Waals surface area contributed by atoms with E-state index in [1.807, 2.05) is 10.7 Å². The molecule has 1 aliphatic carbocycles. The molecule has 1 aliphatic heterocycles. The molecule has 3 aromatic rings. The van der Waals surface area contributed by atoms with Crippen molar-refractivity contribution in [2.75, 3.05) is 25.0 Å². The van der Waals surface area contributed by atoms with Crippen molar-refractivity contribution in [1.29, 1.82) is 0 Å². The van der Waals surface area contributed by atoms with Gasteiger partial charge < -0.3 is 10.2 Å². The summed E-state index contributed by atoms with van der Waals surface area (Å²) >= 11 is 12.1. The number of H-pyrrole nitrogens is 1. The molecule has 0 radical (unpaired) electrons. The lowest BCUT2D eigenvalue weighted by Gasteiger charge is -2.35. The molecule has 1 saturated heterocycles. The molecule has 0 bridgehead atoms. The van der Waals surface area contributed by atoms with Crippen molar-refractivity contribution in [2.45, 2.75) is 57.5 Å². The summed E-state index contributed by atoms with van der Waals surface area (Å²) in [5.41, 5.74) is 1.95. The van der Waals surface area contributed by atoms with Crippen LogP contribution in [0.4, 0.5) is 5.95 Å². The second-order valence-corrected chi connectivity index (χ2v) is 10.2. The highest BCUT2D eigenvalue weighted by molar-refractivity contribution is 6.42. The van der Waals surface area contributed by atoms with Gasteiger partial charge in [0.05, 0.1) is 22.3 Å². The first-order chi connectivity index (χ1) is 16.1. The van der Waals surface area contributed by atoms with Gasteiger partial charge in [-0.2, -0.15) is 5.10 Å². The fraction of sp³-hybridized carbons (Fsp3) is 0.542. The van der Waals surface area contributed by atoms with Crippen LogP contribution < -0.4 is 10.9 Å². The van der Waals surface area contributed by atoms with Crippen molar-refractivity contribution in [3.8, 4) is 0 Å². The Bertz CT molecular complexity index is 1160. The number of fused-ring (bicyclic) bond motifs is 1. The zero-order valence-electron chi connectivity index (χ0n) is 18.7. The van der Waals surface area contributed by atoms with E-state index in [4.69, 9.17) is 23.2 Å². The molecule has 176 valence electrons. The molecular formula is C24H30Cl2N6O. The molecule has 3 heterocycles. The minimum absolute atomic E-state index is 0.168. The molecule has 0 spiro atoms. The summed E-state index contributed by atoms with van der Waals surface area (Å²) in [6.45, 7) is 3.83. The van der Waals surface area contributed by atoms with Gasteiger partial charge in [0.1, 0.15) is 5.52 Å². The lowest BCUT2D eigenvalue weighted by Crippen LogP contribution is -2.38. The van der Waals surface area contributed by atoms with Crippen LogP contribution in [0.5, 0.6) is 0 Å². The summed E-state index contributed by atoms with van der Waals surface area (Å²) in [7, 11) is 0. The molecule has 2 aliphatic rings. The van der Waals surface area contributed by atoms with Crippen molar-refractivity contribution in [3.63, 3.8) is 0 Å². The van der Waals surface area contributed by atoms with Gasteiger partial charge in [0.15, 0.2) is 5.52 Å². The number of anilines is 1. The number of rotatable bonds is 6. The van der Waals surface area contributed by atoms with Gasteiger partial charge in [-0.05, 0) is 49.3 Å². The molecule has 1 saturated carbocycles. The first kappa shape index (κ1) is 22.7. The second-order valence-electron chi connectivity index (χ2n) is 9.38. The van der Waals surface area contributed by atoms with Crippen molar-refractivity contribution in [3.05, 3.63) is 50.4 Å². The molecule has 9 heteroatoms. The summed E-state index contributed by atoms with van der Waals surface area (Å²) in [5, 5.41) is 8.73. The number of piperidine rings is 1. The standard InChI is InChI=1S/C24H30Cl2N6O/c25-19-7-6-17(12-20(19)26)13-27-24-29-21-14-28-32(22(21)23(33)30-24)18-8-10-31(11-9-18)15-16-4-2-1-3-5-16/h6-7,12,14,16,18H,1-5,8-11,13,15H2,(H2,27,29,30,33). The minimum Gasteiger partial charge on any atom is -0.352 e.